The molecule has 0 aliphatic carbocycles. The Bertz CT molecular complexity index is 422. The summed E-state index contributed by atoms with van der Waals surface area (Å²) in [5, 5.41) is 0. The van der Waals surface area contributed by atoms with E-state index < -0.39 is 82.0 Å². The zero-order valence-corrected chi connectivity index (χ0v) is 21.7. The van der Waals surface area contributed by atoms with Crippen LogP contribution in [-0.2, 0) is 45.6 Å². The molecule has 0 unspecified atom stereocenters. The molecule has 0 fully saturated rings. The van der Waals surface area contributed by atoms with Crippen LogP contribution in [0.15, 0.2) is 0 Å². The van der Waals surface area contributed by atoms with Crippen molar-refractivity contribution < 1.29 is 45.6 Å². The molecule has 0 rings (SSSR count). The molecule has 0 aromatic carbocycles. The van der Waals surface area contributed by atoms with Gasteiger partial charge >= 0.3 is 169 Å². The van der Waals surface area contributed by atoms with Crippen molar-refractivity contribution in [2.45, 2.75) is 41.5 Å². The van der Waals surface area contributed by atoms with Gasteiger partial charge in [0.05, 0.1) is 0 Å². The number of hydrogen-bond acceptors (Lipinski definition) is 12. The van der Waals surface area contributed by atoms with Gasteiger partial charge in [-0.05, 0) is 0 Å². The first-order chi connectivity index (χ1) is 11.8. The minimum atomic E-state index is -3.59. The first kappa shape index (κ1) is 26.8. The fourth-order valence-electron chi connectivity index (χ4n) is 0.742. The van der Waals surface area contributed by atoms with Crippen LogP contribution in [0.5, 0.6) is 0 Å². The van der Waals surface area contributed by atoms with Crippen molar-refractivity contribution in [2.75, 3.05) is 0 Å². The van der Waals surface area contributed by atoms with E-state index in [0.717, 1.165) is 41.5 Å². The Labute approximate surface area is 168 Å². The quantitative estimate of drug-likeness (QED) is 0.314. The van der Waals surface area contributed by atoms with E-state index in [0.29, 0.717) is 0 Å². The molecule has 26 heavy (non-hydrogen) atoms. The Balaban J connectivity index is 0. The van der Waals surface area contributed by atoms with Gasteiger partial charge in [0.1, 0.15) is 0 Å². The van der Waals surface area contributed by atoms with E-state index >= 15 is 0 Å². The molecule has 0 heterocycles. The normalized spacial score (nSPS) is 9.23. The van der Waals surface area contributed by atoms with Crippen LogP contribution >= 0.6 is 0 Å². The van der Waals surface area contributed by atoms with Gasteiger partial charge in [0.15, 0.2) is 0 Å². The first-order valence-electron chi connectivity index (χ1n) is 6.54. The summed E-state index contributed by atoms with van der Waals surface area (Å²) in [7, 11) is 0. The zero-order valence-electron chi connectivity index (χ0n) is 14.8. The van der Waals surface area contributed by atoms with Crippen LogP contribution in [-0.4, -0.2) is 82.0 Å². The molecule has 0 saturated carbocycles. The van der Waals surface area contributed by atoms with Crippen LogP contribution in [0.25, 0.3) is 0 Å². The molecule has 148 valence electrons. The molecular formula is C12H18Bi2O12. The second kappa shape index (κ2) is 14.7. The summed E-state index contributed by atoms with van der Waals surface area (Å²) in [6.07, 6.45) is 0. The van der Waals surface area contributed by atoms with Gasteiger partial charge in [-0.1, -0.05) is 0 Å². The molecule has 0 aliphatic heterocycles. The molecule has 0 bridgehead atoms. The van der Waals surface area contributed by atoms with Gasteiger partial charge in [-0.15, -0.1) is 0 Å². The third kappa shape index (κ3) is 20.6. The van der Waals surface area contributed by atoms with Crippen molar-refractivity contribution in [3.05, 3.63) is 0 Å². The maximum absolute atomic E-state index is 10.5. The fourth-order valence-corrected chi connectivity index (χ4v) is 6.51. The van der Waals surface area contributed by atoms with Crippen molar-refractivity contribution in [1.29, 1.82) is 0 Å². The van der Waals surface area contributed by atoms with E-state index in [-0.39, 0.29) is 0 Å². The van der Waals surface area contributed by atoms with Crippen molar-refractivity contribution in [1.82, 2.24) is 0 Å². The summed E-state index contributed by atoms with van der Waals surface area (Å²) in [5.74, 6) is -3.75. The number of carbonyl (C=O) groups excluding carboxylic acids is 6. The third-order valence-electron chi connectivity index (χ3n) is 1.22. The van der Waals surface area contributed by atoms with Gasteiger partial charge < -0.3 is 0 Å². The fraction of sp³-hybridized carbons (Fsp3) is 0.500. The molecule has 0 amide bonds. The third-order valence-corrected chi connectivity index (χ3v) is 10.7. The van der Waals surface area contributed by atoms with Crippen LogP contribution < -0.4 is 0 Å². The van der Waals surface area contributed by atoms with Crippen LogP contribution in [0.3, 0.4) is 0 Å². The van der Waals surface area contributed by atoms with Crippen molar-refractivity contribution in [2.24, 2.45) is 0 Å². The zero-order chi connectivity index (χ0) is 20.9. The second-order valence-corrected chi connectivity index (χ2v) is 11.7. The number of carbonyl (C=O) groups is 6. The Morgan fingerprint density at radius 2 is 0.500 bits per heavy atom. The standard InChI is InChI=1S/6C2H4O2.2Bi/c6*1-2(3)4;;/h6*1H3,(H,3,4);;/q;;;;;;2*+3/p-6. The Kier molecular flexibility index (Phi) is 15.2. The van der Waals surface area contributed by atoms with Gasteiger partial charge in [0.25, 0.3) is 0 Å². The minimum absolute atomic E-state index is 0.625. The Morgan fingerprint density at radius 1 is 0.385 bits per heavy atom. The number of rotatable bonds is 6. The molecule has 0 aromatic rings. The van der Waals surface area contributed by atoms with E-state index in [4.69, 9.17) is 0 Å². The van der Waals surface area contributed by atoms with Crippen molar-refractivity contribution in [3.8, 4) is 0 Å². The summed E-state index contributed by atoms with van der Waals surface area (Å²) in [5.41, 5.74) is 0. The molecule has 0 atom stereocenters. The van der Waals surface area contributed by atoms with Crippen molar-refractivity contribution in [3.63, 3.8) is 0 Å². The monoisotopic (exact) mass is 772 g/mol. The van der Waals surface area contributed by atoms with Gasteiger partial charge in [-0.3, -0.25) is 0 Å². The van der Waals surface area contributed by atoms with E-state index in [1.807, 2.05) is 0 Å². The van der Waals surface area contributed by atoms with Crippen LogP contribution in [0, 0.1) is 0 Å². The summed E-state index contributed by atoms with van der Waals surface area (Å²) in [4.78, 5) is 62.8. The topological polar surface area (TPSA) is 158 Å². The van der Waals surface area contributed by atoms with Gasteiger partial charge in [0, 0.05) is 0 Å². The average molecular weight is 772 g/mol. The van der Waals surface area contributed by atoms with Gasteiger partial charge in [-0.25, -0.2) is 0 Å². The maximum atomic E-state index is 10.5. The van der Waals surface area contributed by atoms with Crippen molar-refractivity contribution >= 4 is 82.0 Å². The molecule has 14 heteroatoms. The SMILES string of the molecule is CC(=O)[O][Bi]([O]C(C)=O)[O]C(C)=O.CC(=O)[O][Bi]([O]C(C)=O)[O]C(C)=O. The second-order valence-electron chi connectivity index (χ2n) is 3.94. The molecule has 0 N–H and O–H groups in total. The average Bonchev–Trinajstić information content (AvgIpc) is 2.33. The predicted octanol–water partition coefficient (Wildman–Crippen LogP) is -0.679. The molecule has 0 saturated heterocycles. The van der Waals surface area contributed by atoms with E-state index in [1.54, 1.807) is 0 Å². The molecular weight excluding hydrogens is 754 g/mol. The molecule has 0 aromatic heterocycles. The Hall–Kier alpha value is -1.41. The summed E-state index contributed by atoms with van der Waals surface area (Å²) >= 11 is -7.19. The first-order valence-corrected chi connectivity index (χ1v) is 15.1. The number of hydrogen-bond donors (Lipinski definition) is 0. The van der Waals surface area contributed by atoms with Crippen LogP contribution in [0.1, 0.15) is 41.5 Å². The molecule has 12 nitrogen and oxygen atoms in total. The van der Waals surface area contributed by atoms with E-state index in [1.165, 1.54) is 0 Å². The predicted molar refractivity (Wildman–Crippen MR) is 82.1 cm³/mol. The van der Waals surface area contributed by atoms with Gasteiger partial charge in [0.2, 0.25) is 0 Å². The van der Waals surface area contributed by atoms with Crippen LogP contribution in [0.4, 0.5) is 0 Å². The van der Waals surface area contributed by atoms with E-state index in [9.17, 15) is 28.8 Å². The summed E-state index contributed by atoms with van der Waals surface area (Å²) in [6.45, 7) is 6.89. The summed E-state index contributed by atoms with van der Waals surface area (Å²) < 4.78 is 27.3. The van der Waals surface area contributed by atoms with Gasteiger partial charge in [-0.2, -0.15) is 0 Å². The van der Waals surface area contributed by atoms with E-state index in [2.05, 4.69) is 16.9 Å². The molecule has 0 radical (unpaired) electrons. The molecule has 0 spiro atoms. The van der Waals surface area contributed by atoms with Crippen LogP contribution in [0.2, 0.25) is 0 Å². The molecule has 0 aliphatic rings. The summed E-state index contributed by atoms with van der Waals surface area (Å²) in [6, 6.07) is 0. The Morgan fingerprint density at radius 3 is 0.577 bits per heavy atom.